The van der Waals surface area contributed by atoms with Gasteiger partial charge in [0.25, 0.3) is 0 Å². The number of hydrogen-bond acceptors (Lipinski definition) is 3. The third-order valence-corrected chi connectivity index (χ3v) is 5.12. The molecule has 0 heterocycles. The molecular weight excluding hydrogens is 388 g/mol. The summed E-state index contributed by atoms with van der Waals surface area (Å²) in [5.74, 6) is -2.48. The standard InChI is InChI=1S/C26H24N2O3/c1-26(2,3)22-12-6-19(7-13-22)17-28(24(29)25(30)31)23-14-10-21(11-15-23)20-8-4-18(16-27)5-9-20/h4-15H,17H2,1-3H3,(H,30,31). The fourth-order valence-electron chi connectivity index (χ4n) is 3.26. The Bertz CT molecular complexity index is 1120. The molecule has 3 aromatic rings. The highest BCUT2D eigenvalue weighted by Gasteiger charge is 2.23. The zero-order valence-corrected chi connectivity index (χ0v) is 17.8. The van der Waals surface area contributed by atoms with Crippen molar-refractivity contribution in [2.45, 2.75) is 32.7 Å². The van der Waals surface area contributed by atoms with Crippen LogP contribution >= 0.6 is 0 Å². The van der Waals surface area contributed by atoms with Crippen LogP contribution in [0.25, 0.3) is 11.1 Å². The maximum Gasteiger partial charge on any atom is 0.394 e. The summed E-state index contributed by atoms with van der Waals surface area (Å²) in [6.07, 6.45) is 0. The maximum atomic E-state index is 12.4. The lowest BCUT2D eigenvalue weighted by molar-refractivity contribution is -0.148. The Morgan fingerprint density at radius 2 is 1.39 bits per heavy atom. The van der Waals surface area contributed by atoms with Crippen LogP contribution in [0.2, 0.25) is 0 Å². The third-order valence-electron chi connectivity index (χ3n) is 5.12. The molecular formula is C26H24N2O3. The number of amides is 1. The Hall–Kier alpha value is -3.91. The molecule has 0 fully saturated rings. The minimum Gasteiger partial charge on any atom is -0.474 e. The zero-order valence-electron chi connectivity index (χ0n) is 17.8. The van der Waals surface area contributed by atoms with Gasteiger partial charge in [0.05, 0.1) is 18.2 Å². The minimum atomic E-state index is -1.50. The zero-order chi connectivity index (χ0) is 22.6. The summed E-state index contributed by atoms with van der Waals surface area (Å²) in [5.41, 5.74) is 4.94. The lowest BCUT2D eigenvalue weighted by atomic mass is 9.87. The molecule has 0 spiro atoms. The number of benzene rings is 3. The molecule has 5 heteroatoms. The van der Waals surface area contributed by atoms with E-state index in [0.717, 1.165) is 16.7 Å². The topological polar surface area (TPSA) is 81.4 Å². The van der Waals surface area contributed by atoms with Crippen LogP contribution in [0, 0.1) is 11.3 Å². The van der Waals surface area contributed by atoms with Gasteiger partial charge in [0.15, 0.2) is 0 Å². The van der Waals surface area contributed by atoms with Gasteiger partial charge in [-0.25, -0.2) is 4.79 Å². The second-order valence-corrected chi connectivity index (χ2v) is 8.38. The van der Waals surface area contributed by atoms with Crippen molar-refractivity contribution in [3.05, 3.63) is 89.5 Å². The van der Waals surface area contributed by atoms with Gasteiger partial charge in [-0.05, 0) is 51.9 Å². The number of carbonyl (C=O) groups is 2. The average Bonchev–Trinajstić information content (AvgIpc) is 2.77. The lowest BCUT2D eigenvalue weighted by Crippen LogP contribution is -2.36. The summed E-state index contributed by atoms with van der Waals surface area (Å²) in [5, 5.41) is 18.2. The van der Waals surface area contributed by atoms with Crippen molar-refractivity contribution in [3.63, 3.8) is 0 Å². The molecule has 0 aliphatic carbocycles. The summed E-state index contributed by atoms with van der Waals surface area (Å²) in [6, 6.07) is 24.3. The Balaban J connectivity index is 1.87. The molecule has 0 aliphatic heterocycles. The Morgan fingerprint density at radius 3 is 1.84 bits per heavy atom. The first-order chi connectivity index (χ1) is 14.7. The molecule has 0 saturated heterocycles. The van der Waals surface area contributed by atoms with Crippen LogP contribution in [0.4, 0.5) is 5.69 Å². The van der Waals surface area contributed by atoms with E-state index in [0.29, 0.717) is 11.3 Å². The predicted molar refractivity (Wildman–Crippen MR) is 121 cm³/mol. The Morgan fingerprint density at radius 1 is 0.871 bits per heavy atom. The first-order valence-electron chi connectivity index (χ1n) is 9.94. The highest BCUT2D eigenvalue weighted by Crippen LogP contribution is 2.26. The van der Waals surface area contributed by atoms with Gasteiger partial charge >= 0.3 is 11.9 Å². The van der Waals surface area contributed by atoms with Crippen LogP contribution < -0.4 is 4.90 Å². The molecule has 1 amide bonds. The van der Waals surface area contributed by atoms with Gasteiger partial charge < -0.3 is 5.11 Å². The van der Waals surface area contributed by atoms with Gasteiger partial charge in [-0.1, -0.05) is 69.3 Å². The average molecular weight is 412 g/mol. The minimum absolute atomic E-state index is 0.0103. The normalized spacial score (nSPS) is 10.9. The largest absolute Gasteiger partial charge is 0.474 e. The summed E-state index contributed by atoms with van der Waals surface area (Å²) >= 11 is 0. The van der Waals surface area contributed by atoms with Crippen LogP contribution in [0.5, 0.6) is 0 Å². The number of aliphatic carboxylic acids is 1. The van der Waals surface area contributed by atoms with Gasteiger partial charge in [0.1, 0.15) is 0 Å². The molecule has 1 N–H and O–H groups in total. The van der Waals surface area contributed by atoms with E-state index >= 15 is 0 Å². The van der Waals surface area contributed by atoms with Gasteiger partial charge in [-0.15, -0.1) is 0 Å². The van der Waals surface area contributed by atoms with Crippen molar-refractivity contribution < 1.29 is 14.7 Å². The molecule has 3 rings (SSSR count). The Labute approximate surface area is 182 Å². The number of carboxylic acid groups (broad SMARTS) is 1. The molecule has 0 radical (unpaired) electrons. The fraction of sp³-hybridized carbons (Fsp3) is 0.192. The van der Waals surface area contributed by atoms with Crippen molar-refractivity contribution in [1.29, 1.82) is 5.26 Å². The molecule has 156 valence electrons. The van der Waals surface area contributed by atoms with E-state index < -0.39 is 11.9 Å². The second-order valence-electron chi connectivity index (χ2n) is 8.38. The molecule has 0 aromatic heterocycles. The van der Waals surface area contributed by atoms with Gasteiger partial charge in [-0.3, -0.25) is 9.69 Å². The van der Waals surface area contributed by atoms with Crippen LogP contribution in [0.15, 0.2) is 72.8 Å². The first-order valence-corrected chi connectivity index (χ1v) is 9.94. The third kappa shape index (κ3) is 5.18. The number of nitriles is 1. The van der Waals surface area contributed by atoms with Crippen molar-refractivity contribution in [2.24, 2.45) is 0 Å². The number of anilines is 1. The maximum absolute atomic E-state index is 12.4. The number of carboxylic acids is 1. The molecule has 0 saturated carbocycles. The van der Waals surface area contributed by atoms with Crippen LogP contribution in [-0.2, 0) is 21.5 Å². The first kappa shape index (κ1) is 21.8. The van der Waals surface area contributed by atoms with E-state index in [1.807, 2.05) is 48.5 Å². The van der Waals surface area contributed by atoms with E-state index in [2.05, 4.69) is 26.8 Å². The fourth-order valence-corrected chi connectivity index (χ4v) is 3.26. The van der Waals surface area contributed by atoms with Crippen LogP contribution in [0.3, 0.4) is 0 Å². The van der Waals surface area contributed by atoms with Crippen molar-refractivity contribution in [1.82, 2.24) is 0 Å². The number of hydrogen-bond donors (Lipinski definition) is 1. The van der Waals surface area contributed by atoms with E-state index in [-0.39, 0.29) is 12.0 Å². The van der Waals surface area contributed by atoms with Crippen molar-refractivity contribution in [2.75, 3.05) is 4.90 Å². The summed E-state index contributed by atoms with van der Waals surface area (Å²) in [4.78, 5) is 25.1. The number of carbonyl (C=O) groups excluding carboxylic acids is 1. The predicted octanol–water partition coefficient (Wildman–Crippen LogP) is 5.14. The molecule has 3 aromatic carbocycles. The van der Waals surface area contributed by atoms with Gasteiger partial charge in [0.2, 0.25) is 0 Å². The van der Waals surface area contributed by atoms with Crippen LogP contribution in [0.1, 0.15) is 37.5 Å². The van der Waals surface area contributed by atoms with Crippen LogP contribution in [-0.4, -0.2) is 17.0 Å². The quantitative estimate of drug-likeness (QED) is 0.602. The highest BCUT2D eigenvalue weighted by atomic mass is 16.4. The number of rotatable bonds is 4. The van der Waals surface area contributed by atoms with Crippen molar-refractivity contribution >= 4 is 17.6 Å². The van der Waals surface area contributed by atoms with Gasteiger partial charge in [0, 0.05) is 5.69 Å². The molecule has 0 bridgehead atoms. The van der Waals surface area contributed by atoms with E-state index in [1.165, 1.54) is 10.5 Å². The summed E-state index contributed by atoms with van der Waals surface area (Å²) < 4.78 is 0. The SMILES string of the molecule is CC(C)(C)c1ccc(CN(C(=O)C(=O)O)c2ccc(-c3ccc(C#N)cc3)cc2)cc1. The molecule has 5 nitrogen and oxygen atoms in total. The molecule has 31 heavy (non-hydrogen) atoms. The Kier molecular flexibility index (Phi) is 6.22. The van der Waals surface area contributed by atoms with E-state index in [4.69, 9.17) is 5.26 Å². The van der Waals surface area contributed by atoms with Gasteiger partial charge in [-0.2, -0.15) is 5.26 Å². The highest BCUT2D eigenvalue weighted by molar-refractivity contribution is 6.37. The molecule has 0 unspecified atom stereocenters. The summed E-state index contributed by atoms with van der Waals surface area (Å²) in [6.45, 7) is 6.53. The molecule has 0 aliphatic rings. The smallest absolute Gasteiger partial charge is 0.394 e. The lowest BCUT2D eigenvalue weighted by Gasteiger charge is -2.23. The van der Waals surface area contributed by atoms with Crippen molar-refractivity contribution in [3.8, 4) is 17.2 Å². The number of nitrogens with zero attached hydrogens (tertiary/aromatic N) is 2. The van der Waals surface area contributed by atoms with E-state index in [9.17, 15) is 14.7 Å². The second kappa shape index (κ2) is 8.85. The molecule has 0 atom stereocenters. The van der Waals surface area contributed by atoms with E-state index in [1.54, 1.807) is 24.3 Å². The monoisotopic (exact) mass is 412 g/mol. The summed E-state index contributed by atoms with van der Waals surface area (Å²) in [7, 11) is 0.